The minimum atomic E-state index is -0.785. The van der Waals surface area contributed by atoms with Crippen LogP contribution in [-0.4, -0.2) is 18.6 Å². The zero-order valence-corrected chi connectivity index (χ0v) is 12.0. The van der Waals surface area contributed by atoms with Gasteiger partial charge in [0.25, 0.3) is 0 Å². The van der Waals surface area contributed by atoms with Crippen molar-refractivity contribution in [3.8, 4) is 5.75 Å². The Kier molecular flexibility index (Phi) is 4.20. The van der Waals surface area contributed by atoms with Crippen molar-refractivity contribution in [1.29, 1.82) is 0 Å². The molecule has 0 aliphatic rings. The monoisotopic (exact) mass is 268 g/mol. The largest absolute Gasteiger partial charge is 0.494 e. The van der Waals surface area contributed by atoms with Crippen LogP contribution in [0.2, 0.25) is 0 Å². The van der Waals surface area contributed by atoms with Gasteiger partial charge in [-0.25, -0.2) is 4.39 Å². The first-order chi connectivity index (χ1) is 8.59. The summed E-state index contributed by atoms with van der Waals surface area (Å²) in [5.74, 6) is -0.392. The zero-order chi connectivity index (χ0) is 14.8. The summed E-state index contributed by atoms with van der Waals surface area (Å²) in [4.78, 5) is 12.3. The maximum absolute atomic E-state index is 13.1. The maximum atomic E-state index is 13.1. The number of methoxy groups -OCH3 is 1. The highest BCUT2D eigenvalue weighted by molar-refractivity contribution is 5.96. The van der Waals surface area contributed by atoms with Gasteiger partial charge in [-0.05, 0) is 39.8 Å². The summed E-state index contributed by atoms with van der Waals surface area (Å²) < 4.78 is 18.1. The third-order valence-corrected chi connectivity index (χ3v) is 3.59. The number of amides is 1. The molecule has 0 atom stereocenters. The Balaban J connectivity index is 3.01. The third kappa shape index (κ3) is 3.23. The molecule has 1 aromatic rings. The molecule has 19 heavy (non-hydrogen) atoms. The average Bonchev–Trinajstić information content (AvgIpc) is 2.29. The fourth-order valence-electron chi connectivity index (χ4n) is 1.34. The standard InChI is InChI=1S/C14H21FN2O2/c1-13(2,14(3,4)16)12(18)17-10-7-6-9(15)8-11(10)19-5/h6-8H,16H2,1-5H3,(H,17,18). The van der Waals surface area contributed by atoms with Crippen molar-refractivity contribution in [2.75, 3.05) is 12.4 Å². The quantitative estimate of drug-likeness (QED) is 0.882. The van der Waals surface area contributed by atoms with Crippen LogP contribution in [0.1, 0.15) is 27.7 Å². The van der Waals surface area contributed by atoms with E-state index in [2.05, 4.69) is 5.32 Å². The van der Waals surface area contributed by atoms with Gasteiger partial charge in [-0.15, -0.1) is 0 Å². The highest BCUT2D eigenvalue weighted by atomic mass is 19.1. The zero-order valence-electron chi connectivity index (χ0n) is 12.0. The van der Waals surface area contributed by atoms with Crippen LogP contribution >= 0.6 is 0 Å². The number of halogens is 1. The molecule has 4 nitrogen and oxygen atoms in total. The molecule has 0 unspecified atom stereocenters. The number of hydrogen-bond acceptors (Lipinski definition) is 3. The summed E-state index contributed by atoms with van der Waals surface area (Å²) >= 11 is 0. The van der Waals surface area contributed by atoms with E-state index in [0.29, 0.717) is 5.69 Å². The number of carbonyl (C=O) groups is 1. The second kappa shape index (κ2) is 5.17. The van der Waals surface area contributed by atoms with Gasteiger partial charge in [0.2, 0.25) is 5.91 Å². The molecule has 0 radical (unpaired) electrons. The van der Waals surface area contributed by atoms with E-state index < -0.39 is 16.8 Å². The van der Waals surface area contributed by atoms with Gasteiger partial charge < -0.3 is 15.8 Å². The van der Waals surface area contributed by atoms with Gasteiger partial charge in [-0.3, -0.25) is 4.79 Å². The number of hydrogen-bond donors (Lipinski definition) is 2. The lowest BCUT2D eigenvalue weighted by atomic mass is 9.74. The fraction of sp³-hybridized carbons (Fsp3) is 0.500. The molecule has 0 spiro atoms. The van der Waals surface area contributed by atoms with Crippen molar-refractivity contribution in [3.05, 3.63) is 24.0 Å². The summed E-state index contributed by atoms with van der Waals surface area (Å²) in [6, 6.07) is 3.95. The predicted molar refractivity (Wildman–Crippen MR) is 73.6 cm³/mol. The minimum absolute atomic E-state index is 0.245. The van der Waals surface area contributed by atoms with Gasteiger partial charge in [0.15, 0.2) is 0 Å². The number of rotatable bonds is 4. The minimum Gasteiger partial charge on any atom is -0.494 e. The second-order valence-corrected chi connectivity index (χ2v) is 5.65. The van der Waals surface area contributed by atoms with Crippen LogP contribution in [0.3, 0.4) is 0 Å². The van der Waals surface area contributed by atoms with Crippen LogP contribution < -0.4 is 15.8 Å². The Hall–Kier alpha value is -1.62. The molecule has 106 valence electrons. The normalized spacial score (nSPS) is 12.2. The van der Waals surface area contributed by atoms with Gasteiger partial charge in [-0.1, -0.05) is 0 Å². The number of benzene rings is 1. The van der Waals surface area contributed by atoms with E-state index in [9.17, 15) is 9.18 Å². The molecule has 1 amide bonds. The van der Waals surface area contributed by atoms with E-state index in [0.717, 1.165) is 0 Å². The second-order valence-electron chi connectivity index (χ2n) is 5.65. The summed E-state index contributed by atoms with van der Waals surface area (Å²) in [6.45, 7) is 7.10. The van der Waals surface area contributed by atoms with Crippen molar-refractivity contribution in [2.24, 2.45) is 11.1 Å². The van der Waals surface area contributed by atoms with E-state index >= 15 is 0 Å². The Bertz CT molecular complexity index is 479. The molecule has 0 heterocycles. The van der Waals surface area contributed by atoms with Gasteiger partial charge in [0.05, 0.1) is 18.2 Å². The average molecular weight is 268 g/mol. The number of ether oxygens (including phenoxy) is 1. The van der Waals surface area contributed by atoms with E-state index in [1.165, 1.54) is 25.3 Å². The number of carbonyl (C=O) groups excluding carboxylic acids is 1. The molecule has 0 saturated carbocycles. The van der Waals surface area contributed by atoms with E-state index in [-0.39, 0.29) is 11.7 Å². The smallest absolute Gasteiger partial charge is 0.231 e. The van der Waals surface area contributed by atoms with Gasteiger partial charge in [0.1, 0.15) is 11.6 Å². The van der Waals surface area contributed by atoms with Crippen LogP contribution in [0.4, 0.5) is 10.1 Å². The van der Waals surface area contributed by atoms with Crippen LogP contribution in [0.5, 0.6) is 5.75 Å². The van der Waals surface area contributed by atoms with Gasteiger partial charge in [-0.2, -0.15) is 0 Å². The molecule has 0 aromatic heterocycles. The summed E-state index contributed by atoms with van der Waals surface area (Å²) in [5, 5.41) is 2.72. The highest BCUT2D eigenvalue weighted by Crippen LogP contribution is 2.32. The lowest BCUT2D eigenvalue weighted by Gasteiger charge is -2.36. The van der Waals surface area contributed by atoms with Crippen molar-refractivity contribution >= 4 is 11.6 Å². The lowest BCUT2D eigenvalue weighted by molar-refractivity contribution is -0.126. The van der Waals surface area contributed by atoms with Crippen LogP contribution in [0, 0.1) is 11.2 Å². The Morgan fingerprint density at radius 1 is 1.32 bits per heavy atom. The molecular formula is C14H21FN2O2. The lowest BCUT2D eigenvalue weighted by Crippen LogP contribution is -2.53. The van der Waals surface area contributed by atoms with Gasteiger partial charge >= 0.3 is 0 Å². The SMILES string of the molecule is COc1cc(F)ccc1NC(=O)C(C)(C)C(C)(C)N. The van der Waals surface area contributed by atoms with E-state index in [1.807, 2.05) is 0 Å². The molecular weight excluding hydrogens is 247 g/mol. The first kappa shape index (κ1) is 15.4. The fourth-order valence-corrected chi connectivity index (χ4v) is 1.34. The predicted octanol–water partition coefficient (Wildman–Crippen LogP) is 2.54. The van der Waals surface area contributed by atoms with Crippen LogP contribution in [0.15, 0.2) is 18.2 Å². The van der Waals surface area contributed by atoms with Gasteiger partial charge in [0, 0.05) is 11.6 Å². The molecule has 5 heteroatoms. The molecule has 0 fully saturated rings. The van der Waals surface area contributed by atoms with Crippen LogP contribution in [0.25, 0.3) is 0 Å². The Morgan fingerprint density at radius 3 is 2.37 bits per heavy atom. The third-order valence-electron chi connectivity index (χ3n) is 3.59. The Labute approximate surface area is 113 Å². The van der Waals surface area contributed by atoms with E-state index in [1.54, 1.807) is 27.7 Å². The molecule has 1 aromatic carbocycles. The first-order valence-corrected chi connectivity index (χ1v) is 6.03. The van der Waals surface area contributed by atoms with Crippen molar-refractivity contribution in [3.63, 3.8) is 0 Å². The number of nitrogens with two attached hydrogens (primary N) is 1. The first-order valence-electron chi connectivity index (χ1n) is 6.03. The number of anilines is 1. The highest BCUT2D eigenvalue weighted by Gasteiger charge is 2.40. The molecule has 3 N–H and O–H groups in total. The Morgan fingerprint density at radius 2 is 1.89 bits per heavy atom. The van der Waals surface area contributed by atoms with Crippen LogP contribution in [-0.2, 0) is 4.79 Å². The van der Waals surface area contributed by atoms with Crippen molar-refractivity contribution in [1.82, 2.24) is 0 Å². The molecule has 0 aliphatic heterocycles. The summed E-state index contributed by atoms with van der Waals surface area (Å²) in [6.07, 6.45) is 0. The maximum Gasteiger partial charge on any atom is 0.231 e. The summed E-state index contributed by atoms with van der Waals surface area (Å²) in [5.41, 5.74) is 4.96. The topological polar surface area (TPSA) is 64.3 Å². The molecule has 0 bridgehead atoms. The molecule has 1 rings (SSSR count). The molecule has 0 aliphatic carbocycles. The summed E-state index contributed by atoms with van der Waals surface area (Å²) in [7, 11) is 1.42. The van der Waals surface area contributed by atoms with Crippen molar-refractivity contribution < 1.29 is 13.9 Å². The molecule has 0 saturated heterocycles. The van der Waals surface area contributed by atoms with E-state index in [4.69, 9.17) is 10.5 Å². The van der Waals surface area contributed by atoms with Crippen molar-refractivity contribution in [2.45, 2.75) is 33.2 Å². The number of nitrogens with one attached hydrogen (secondary N) is 1.